The zero-order valence-electron chi connectivity index (χ0n) is 10.2. The number of nitrogens with zero attached hydrogens (tertiary/aromatic N) is 1. The Labute approximate surface area is 107 Å². The lowest BCUT2D eigenvalue weighted by Gasteiger charge is -2.22. The van der Waals surface area contributed by atoms with Crippen LogP contribution >= 0.6 is 11.8 Å². The molecular weight excluding hydrogens is 232 g/mol. The van der Waals surface area contributed by atoms with Crippen molar-refractivity contribution in [3.63, 3.8) is 0 Å². The number of hydrogen-bond donors (Lipinski definition) is 2. The van der Waals surface area contributed by atoms with Gasteiger partial charge >= 0.3 is 0 Å². The molecule has 92 valence electrons. The lowest BCUT2D eigenvalue weighted by atomic mass is 10.1. The fourth-order valence-corrected chi connectivity index (χ4v) is 2.34. The Bertz CT molecular complexity index is 399. The van der Waals surface area contributed by atoms with Gasteiger partial charge in [0, 0.05) is 18.8 Å². The highest BCUT2D eigenvalue weighted by Crippen LogP contribution is 2.10. The minimum absolute atomic E-state index is 0.521. The topological polar surface area (TPSA) is 56.0 Å². The minimum atomic E-state index is -0.707. The molecule has 1 unspecified atom stereocenters. The average Bonchev–Trinajstić information content (AvgIpc) is 2.29. The number of nitrogens with one attached hydrogen (secondary N) is 1. The standard InChI is InChI=1S/C13H18N2OS/c1-13(16,10-17-2)9-15-8-12-6-4-3-5-11(12)7-14/h3-6,15-16H,8-10H2,1-2H3. The van der Waals surface area contributed by atoms with Crippen molar-refractivity contribution >= 4 is 11.8 Å². The van der Waals surface area contributed by atoms with E-state index in [1.165, 1.54) is 0 Å². The zero-order valence-corrected chi connectivity index (χ0v) is 11.0. The molecule has 0 heterocycles. The third-order valence-corrected chi connectivity index (χ3v) is 3.32. The van der Waals surface area contributed by atoms with Crippen molar-refractivity contribution in [2.45, 2.75) is 19.1 Å². The lowest BCUT2D eigenvalue weighted by Crippen LogP contribution is -2.39. The largest absolute Gasteiger partial charge is 0.388 e. The Kier molecular flexibility index (Phi) is 5.49. The summed E-state index contributed by atoms with van der Waals surface area (Å²) < 4.78 is 0. The van der Waals surface area contributed by atoms with Crippen molar-refractivity contribution in [3.05, 3.63) is 35.4 Å². The van der Waals surface area contributed by atoms with E-state index in [2.05, 4.69) is 11.4 Å². The highest BCUT2D eigenvalue weighted by Gasteiger charge is 2.18. The van der Waals surface area contributed by atoms with Gasteiger partial charge < -0.3 is 10.4 Å². The first-order chi connectivity index (χ1) is 8.09. The molecule has 1 rings (SSSR count). The normalized spacial score (nSPS) is 14.0. The second-order valence-electron chi connectivity index (χ2n) is 4.30. The van der Waals surface area contributed by atoms with E-state index >= 15 is 0 Å². The molecule has 0 aliphatic rings. The van der Waals surface area contributed by atoms with Crippen molar-refractivity contribution in [2.75, 3.05) is 18.6 Å². The number of thioether (sulfide) groups is 1. The van der Waals surface area contributed by atoms with Gasteiger partial charge in [0.1, 0.15) is 0 Å². The lowest BCUT2D eigenvalue weighted by molar-refractivity contribution is 0.0846. The summed E-state index contributed by atoms with van der Waals surface area (Å²) >= 11 is 1.62. The molecule has 0 amide bonds. The van der Waals surface area contributed by atoms with Crippen LogP contribution in [-0.2, 0) is 6.54 Å². The first kappa shape index (κ1) is 14.0. The molecule has 1 atom stereocenters. The molecule has 4 heteroatoms. The van der Waals surface area contributed by atoms with Crippen LogP contribution in [0.2, 0.25) is 0 Å². The van der Waals surface area contributed by atoms with Crippen LogP contribution in [0.5, 0.6) is 0 Å². The number of hydrogen-bond acceptors (Lipinski definition) is 4. The molecule has 0 aliphatic carbocycles. The maximum absolute atomic E-state index is 9.97. The summed E-state index contributed by atoms with van der Waals surface area (Å²) in [6.45, 7) is 2.94. The molecule has 3 nitrogen and oxygen atoms in total. The summed E-state index contributed by atoms with van der Waals surface area (Å²) in [6.07, 6.45) is 1.97. The van der Waals surface area contributed by atoms with Gasteiger partial charge in [-0.05, 0) is 24.8 Å². The third kappa shape index (κ3) is 4.78. The van der Waals surface area contributed by atoms with Gasteiger partial charge in [-0.15, -0.1) is 0 Å². The van der Waals surface area contributed by atoms with Crippen molar-refractivity contribution < 1.29 is 5.11 Å². The molecule has 0 saturated heterocycles. The predicted octanol–water partition coefficient (Wildman–Crippen LogP) is 1.76. The molecule has 1 aromatic rings. The van der Waals surface area contributed by atoms with Gasteiger partial charge in [0.2, 0.25) is 0 Å². The fraction of sp³-hybridized carbons (Fsp3) is 0.462. The summed E-state index contributed by atoms with van der Waals surface area (Å²) in [5, 5.41) is 22.1. The van der Waals surface area contributed by atoms with Gasteiger partial charge in [0.15, 0.2) is 0 Å². The van der Waals surface area contributed by atoms with E-state index < -0.39 is 5.60 Å². The van der Waals surface area contributed by atoms with E-state index in [4.69, 9.17) is 5.26 Å². The monoisotopic (exact) mass is 250 g/mol. The second kappa shape index (κ2) is 6.65. The fourth-order valence-electron chi connectivity index (χ4n) is 1.61. The number of nitriles is 1. The number of rotatable bonds is 6. The van der Waals surface area contributed by atoms with Crippen LogP contribution in [-0.4, -0.2) is 29.3 Å². The maximum Gasteiger partial charge on any atom is 0.0995 e. The van der Waals surface area contributed by atoms with Crippen LogP contribution in [0.25, 0.3) is 0 Å². The Balaban J connectivity index is 2.49. The molecule has 0 aliphatic heterocycles. The molecule has 0 bridgehead atoms. The van der Waals surface area contributed by atoms with E-state index in [-0.39, 0.29) is 0 Å². The molecule has 2 N–H and O–H groups in total. The quantitative estimate of drug-likeness (QED) is 0.808. The van der Waals surface area contributed by atoms with E-state index in [1.54, 1.807) is 17.8 Å². The molecule has 1 aromatic carbocycles. The Morgan fingerprint density at radius 1 is 1.47 bits per heavy atom. The van der Waals surface area contributed by atoms with Crippen molar-refractivity contribution in [1.82, 2.24) is 5.32 Å². The highest BCUT2D eigenvalue weighted by atomic mass is 32.2. The van der Waals surface area contributed by atoms with Gasteiger partial charge in [0.25, 0.3) is 0 Å². The van der Waals surface area contributed by atoms with Crippen molar-refractivity contribution in [3.8, 4) is 6.07 Å². The van der Waals surface area contributed by atoms with Gasteiger partial charge in [-0.1, -0.05) is 18.2 Å². The molecule has 0 saturated carbocycles. The van der Waals surface area contributed by atoms with Crippen LogP contribution in [0.3, 0.4) is 0 Å². The second-order valence-corrected chi connectivity index (χ2v) is 5.17. The van der Waals surface area contributed by atoms with Gasteiger partial charge in [-0.25, -0.2) is 0 Å². The van der Waals surface area contributed by atoms with E-state index in [1.807, 2.05) is 31.4 Å². The van der Waals surface area contributed by atoms with Crippen molar-refractivity contribution in [2.24, 2.45) is 0 Å². The molecular formula is C13H18N2OS. The van der Waals surface area contributed by atoms with Gasteiger partial charge in [-0.2, -0.15) is 17.0 Å². The zero-order chi connectivity index (χ0) is 12.7. The maximum atomic E-state index is 9.97. The summed E-state index contributed by atoms with van der Waals surface area (Å²) in [5.41, 5.74) is 0.945. The van der Waals surface area contributed by atoms with Crippen LogP contribution < -0.4 is 5.32 Å². The smallest absolute Gasteiger partial charge is 0.0995 e. The molecule has 0 spiro atoms. The Morgan fingerprint density at radius 3 is 2.82 bits per heavy atom. The van der Waals surface area contributed by atoms with E-state index in [0.29, 0.717) is 24.4 Å². The number of aliphatic hydroxyl groups is 1. The predicted molar refractivity (Wildman–Crippen MR) is 71.9 cm³/mol. The first-order valence-corrected chi connectivity index (χ1v) is 6.88. The molecule has 0 fully saturated rings. The van der Waals surface area contributed by atoms with Gasteiger partial charge in [-0.3, -0.25) is 0 Å². The van der Waals surface area contributed by atoms with Gasteiger partial charge in [0.05, 0.1) is 17.2 Å². The Hall–Kier alpha value is -1.02. The summed E-state index contributed by atoms with van der Waals surface area (Å²) in [7, 11) is 0. The average molecular weight is 250 g/mol. The van der Waals surface area contributed by atoms with Crippen molar-refractivity contribution in [1.29, 1.82) is 5.26 Å². The molecule has 0 radical (unpaired) electrons. The molecule has 0 aromatic heterocycles. The van der Waals surface area contributed by atoms with Crippen LogP contribution in [0, 0.1) is 11.3 Å². The number of benzene rings is 1. The van der Waals surface area contributed by atoms with Crippen LogP contribution in [0.15, 0.2) is 24.3 Å². The van der Waals surface area contributed by atoms with E-state index in [9.17, 15) is 5.11 Å². The minimum Gasteiger partial charge on any atom is -0.388 e. The molecule has 17 heavy (non-hydrogen) atoms. The van der Waals surface area contributed by atoms with Crippen LogP contribution in [0.4, 0.5) is 0 Å². The first-order valence-electron chi connectivity index (χ1n) is 5.49. The summed E-state index contributed by atoms with van der Waals surface area (Å²) in [6, 6.07) is 9.66. The summed E-state index contributed by atoms with van der Waals surface area (Å²) in [4.78, 5) is 0. The van der Waals surface area contributed by atoms with Crippen LogP contribution in [0.1, 0.15) is 18.1 Å². The third-order valence-electron chi connectivity index (χ3n) is 2.41. The SMILES string of the molecule is CSCC(C)(O)CNCc1ccccc1C#N. The Morgan fingerprint density at radius 2 is 2.18 bits per heavy atom. The van der Waals surface area contributed by atoms with E-state index in [0.717, 1.165) is 5.56 Å². The highest BCUT2D eigenvalue weighted by molar-refractivity contribution is 7.98. The summed E-state index contributed by atoms with van der Waals surface area (Å²) in [5.74, 6) is 0.694.